The van der Waals surface area contributed by atoms with Crippen molar-refractivity contribution < 1.29 is 4.74 Å². The molecule has 0 saturated heterocycles. The van der Waals surface area contributed by atoms with Gasteiger partial charge in [-0.25, -0.2) is 0 Å². The third-order valence-electron chi connectivity index (χ3n) is 3.33. The highest BCUT2D eigenvalue weighted by Gasteiger charge is 2.22. The van der Waals surface area contributed by atoms with E-state index in [-0.39, 0.29) is 6.10 Å². The minimum atomic E-state index is 0.0919. The van der Waals surface area contributed by atoms with Crippen LogP contribution in [0.25, 0.3) is 0 Å². The molecular formula is C16H13ClN2O. The summed E-state index contributed by atoms with van der Waals surface area (Å²) >= 11 is 6.12. The summed E-state index contributed by atoms with van der Waals surface area (Å²) in [6, 6.07) is 15.4. The van der Waals surface area contributed by atoms with Gasteiger partial charge in [-0.1, -0.05) is 29.8 Å². The molecule has 0 fully saturated rings. The summed E-state index contributed by atoms with van der Waals surface area (Å²) in [5.41, 5.74) is 2.59. The van der Waals surface area contributed by atoms with Crippen molar-refractivity contribution in [1.82, 2.24) is 0 Å². The predicted molar refractivity (Wildman–Crippen MR) is 79.2 cm³/mol. The molecular weight excluding hydrogens is 272 g/mol. The summed E-state index contributed by atoms with van der Waals surface area (Å²) in [4.78, 5) is 0. The van der Waals surface area contributed by atoms with E-state index in [1.54, 1.807) is 18.2 Å². The molecule has 1 heterocycles. The molecule has 0 aliphatic carbocycles. The second-order valence-corrected chi connectivity index (χ2v) is 5.15. The molecule has 2 aromatic carbocycles. The van der Waals surface area contributed by atoms with Gasteiger partial charge in [-0.3, -0.25) is 0 Å². The van der Waals surface area contributed by atoms with Crippen LogP contribution in [0.3, 0.4) is 0 Å². The fourth-order valence-electron chi connectivity index (χ4n) is 2.32. The van der Waals surface area contributed by atoms with Crippen LogP contribution in [0.15, 0.2) is 42.5 Å². The molecule has 1 atom stereocenters. The summed E-state index contributed by atoms with van der Waals surface area (Å²) in [5, 5.41) is 12.8. The van der Waals surface area contributed by atoms with Crippen LogP contribution >= 0.6 is 11.6 Å². The molecule has 0 aromatic heterocycles. The molecule has 1 N–H and O–H groups in total. The fourth-order valence-corrected chi connectivity index (χ4v) is 2.51. The van der Waals surface area contributed by atoms with Crippen LogP contribution in [-0.4, -0.2) is 12.6 Å². The molecule has 0 saturated carbocycles. The third kappa shape index (κ3) is 2.56. The van der Waals surface area contributed by atoms with Gasteiger partial charge in [0.05, 0.1) is 28.9 Å². The van der Waals surface area contributed by atoms with Gasteiger partial charge in [0.2, 0.25) is 0 Å². The lowest BCUT2D eigenvalue weighted by Gasteiger charge is -2.14. The van der Waals surface area contributed by atoms with Crippen molar-refractivity contribution in [2.45, 2.75) is 12.5 Å². The lowest BCUT2D eigenvalue weighted by molar-refractivity contribution is 0.246. The summed E-state index contributed by atoms with van der Waals surface area (Å²) in [5.74, 6) is 0.955. The van der Waals surface area contributed by atoms with Crippen molar-refractivity contribution in [1.29, 1.82) is 5.26 Å². The van der Waals surface area contributed by atoms with Crippen molar-refractivity contribution in [2.24, 2.45) is 0 Å². The number of nitriles is 1. The standard InChI is InChI=1S/C16H13ClN2O/c17-14-6-5-11(9-18)7-15(14)19-10-13-8-12-3-1-2-4-16(12)20-13/h1-7,13,19H,8,10H2. The lowest BCUT2D eigenvalue weighted by Crippen LogP contribution is -2.24. The van der Waals surface area contributed by atoms with E-state index >= 15 is 0 Å². The minimum absolute atomic E-state index is 0.0919. The van der Waals surface area contributed by atoms with Gasteiger partial charge in [0, 0.05) is 6.42 Å². The lowest BCUT2D eigenvalue weighted by atomic mass is 10.1. The van der Waals surface area contributed by atoms with Crippen LogP contribution in [0.1, 0.15) is 11.1 Å². The number of para-hydroxylation sites is 1. The smallest absolute Gasteiger partial charge is 0.123 e. The number of rotatable bonds is 3. The van der Waals surface area contributed by atoms with Crippen molar-refractivity contribution in [3.05, 3.63) is 58.6 Å². The van der Waals surface area contributed by atoms with Crippen molar-refractivity contribution in [3.63, 3.8) is 0 Å². The van der Waals surface area contributed by atoms with Crippen LogP contribution in [0.5, 0.6) is 5.75 Å². The number of anilines is 1. The van der Waals surface area contributed by atoms with E-state index in [1.165, 1.54) is 5.56 Å². The molecule has 100 valence electrons. The van der Waals surface area contributed by atoms with Crippen LogP contribution in [0.2, 0.25) is 5.02 Å². The number of fused-ring (bicyclic) bond motifs is 1. The Hall–Kier alpha value is -2.18. The van der Waals surface area contributed by atoms with E-state index < -0.39 is 0 Å². The van der Waals surface area contributed by atoms with E-state index in [1.807, 2.05) is 18.2 Å². The summed E-state index contributed by atoms with van der Waals surface area (Å²) in [6.07, 6.45) is 0.979. The maximum atomic E-state index is 8.91. The topological polar surface area (TPSA) is 45.0 Å². The molecule has 4 heteroatoms. The zero-order valence-corrected chi connectivity index (χ0v) is 11.5. The zero-order valence-electron chi connectivity index (χ0n) is 10.8. The average Bonchev–Trinajstić information content (AvgIpc) is 2.89. The van der Waals surface area contributed by atoms with Gasteiger partial charge in [0.25, 0.3) is 0 Å². The van der Waals surface area contributed by atoms with Crippen LogP contribution in [0.4, 0.5) is 5.69 Å². The second-order valence-electron chi connectivity index (χ2n) is 4.74. The van der Waals surface area contributed by atoms with Gasteiger partial charge in [-0.2, -0.15) is 5.26 Å². The van der Waals surface area contributed by atoms with E-state index in [0.717, 1.165) is 17.9 Å². The van der Waals surface area contributed by atoms with E-state index in [0.29, 0.717) is 17.1 Å². The highest BCUT2D eigenvalue weighted by atomic mass is 35.5. The first-order valence-corrected chi connectivity index (χ1v) is 6.82. The normalized spacial score (nSPS) is 16.1. The number of hydrogen-bond acceptors (Lipinski definition) is 3. The molecule has 0 radical (unpaired) electrons. The fraction of sp³-hybridized carbons (Fsp3) is 0.188. The Morgan fingerprint density at radius 3 is 2.95 bits per heavy atom. The largest absolute Gasteiger partial charge is 0.488 e. The van der Waals surface area contributed by atoms with Gasteiger partial charge in [-0.05, 0) is 29.8 Å². The monoisotopic (exact) mass is 284 g/mol. The Bertz CT molecular complexity index is 653. The zero-order chi connectivity index (χ0) is 13.9. The first kappa shape index (κ1) is 12.8. The van der Waals surface area contributed by atoms with Crippen LogP contribution in [-0.2, 0) is 6.42 Å². The summed E-state index contributed by atoms with van der Waals surface area (Å²) in [6.45, 7) is 0.656. The highest BCUT2D eigenvalue weighted by molar-refractivity contribution is 6.33. The number of benzene rings is 2. The Morgan fingerprint density at radius 1 is 1.30 bits per heavy atom. The van der Waals surface area contributed by atoms with E-state index in [9.17, 15) is 0 Å². The summed E-state index contributed by atoms with van der Waals surface area (Å²) < 4.78 is 5.85. The van der Waals surface area contributed by atoms with Gasteiger partial charge in [0.1, 0.15) is 11.9 Å². The molecule has 3 nitrogen and oxygen atoms in total. The first-order valence-electron chi connectivity index (χ1n) is 6.44. The van der Waals surface area contributed by atoms with Crippen molar-refractivity contribution >= 4 is 17.3 Å². The molecule has 3 rings (SSSR count). The molecule has 0 spiro atoms. The van der Waals surface area contributed by atoms with Gasteiger partial charge < -0.3 is 10.1 Å². The Balaban J connectivity index is 1.66. The molecule has 1 aliphatic heterocycles. The summed E-state index contributed by atoms with van der Waals surface area (Å²) in [7, 11) is 0. The molecule has 1 aliphatic rings. The Kier molecular flexibility index (Phi) is 3.49. The number of nitrogens with one attached hydrogen (secondary N) is 1. The number of hydrogen-bond donors (Lipinski definition) is 1. The number of ether oxygens (including phenoxy) is 1. The Morgan fingerprint density at radius 2 is 2.15 bits per heavy atom. The van der Waals surface area contributed by atoms with E-state index in [4.69, 9.17) is 21.6 Å². The third-order valence-corrected chi connectivity index (χ3v) is 3.66. The van der Waals surface area contributed by atoms with Gasteiger partial charge in [0.15, 0.2) is 0 Å². The molecule has 1 unspecified atom stereocenters. The maximum absolute atomic E-state index is 8.91. The van der Waals surface area contributed by atoms with Gasteiger partial charge in [-0.15, -0.1) is 0 Å². The highest BCUT2D eigenvalue weighted by Crippen LogP contribution is 2.29. The van der Waals surface area contributed by atoms with Crippen LogP contribution in [0, 0.1) is 11.3 Å². The van der Waals surface area contributed by atoms with Gasteiger partial charge >= 0.3 is 0 Å². The Labute approximate surface area is 122 Å². The van der Waals surface area contributed by atoms with Crippen molar-refractivity contribution in [2.75, 3.05) is 11.9 Å². The average molecular weight is 285 g/mol. The van der Waals surface area contributed by atoms with Crippen LogP contribution < -0.4 is 10.1 Å². The molecule has 0 bridgehead atoms. The SMILES string of the molecule is N#Cc1ccc(Cl)c(NCC2Cc3ccccc3O2)c1. The molecule has 0 amide bonds. The maximum Gasteiger partial charge on any atom is 0.123 e. The second kappa shape index (κ2) is 5.44. The molecule has 2 aromatic rings. The number of nitrogens with zero attached hydrogens (tertiary/aromatic N) is 1. The minimum Gasteiger partial charge on any atom is -0.488 e. The number of halogens is 1. The van der Waals surface area contributed by atoms with E-state index in [2.05, 4.69) is 17.5 Å². The molecule has 20 heavy (non-hydrogen) atoms. The quantitative estimate of drug-likeness (QED) is 0.936. The van der Waals surface area contributed by atoms with Crippen molar-refractivity contribution in [3.8, 4) is 11.8 Å². The predicted octanol–water partition coefficient (Wildman–Crippen LogP) is 3.63. The first-order chi connectivity index (χ1) is 9.76.